The van der Waals surface area contributed by atoms with Gasteiger partial charge in [0.15, 0.2) is 0 Å². The van der Waals surface area contributed by atoms with E-state index in [2.05, 4.69) is 36.8 Å². The summed E-state index contributed by atoms with van der Waals surface area (Å²) in [5.41, 5.74) is 0. The second-order valence-electron chi connectivity index (χ2n) is 1.50. The Labute approximate surface area is 74.8 Å². The number of alkyl halides is 1. The Bertz CT molecular complexity index is 187. The van der Waals surface area contributed by atoms with Crippen LogP contribution in [0, 0.1) is 0 Å². The van der Waals surface area contributed by atoms with E-state index in [0.29, 0.717) is 0 Å². The van der Waals surface area contributed by atoms with Gasteiger partial charge in [0.25, 0.3) is 0 Å². The van der Waals surface area contributed by atoms with E-state index in [1.165, 1.54) is 5.01 Å². The van der Waals surface area contributed by atoms with Crippen molar-refractivity contribution in [2.45, 2.75) is 6.42 Å². The van der Waals surface area contributed by atoms with Crippen LogP contribution in [0.25, 0.3) is 0 Å². The summed E-state index contributed by atoms with van der Waals surface area (Å²) in [4.78, 5) is 4.21. The monoisotopic (exact) mass is 269 g/mol. The van der Waals surface area contributed by atoms with Gasteiger partial charge in [-0.2, -0.15) is 0 Å². The summed E-state index contributed by atoms with van der Waals surface area (Å²) in [5, 5.41) is 4.17. The number of thiazole rings is 1. The summed E-state index contributed by atoms with van der Waals surface area (Å²) in [6.45, 7) is 0. The molecule has 0 aliphatic rings. The highest BCUT2D eigenvalue weighted by atomic mass is 79.9. The molecule has 0 aromatic carbocycles. The molecule has 1 heterocycles. The van der Waals surface area contributed by atoms with Gasteiger partial charge in [-0.1, -0.05) is 15.9 Å². The SMILES string of the molecule is BrCCc1nc(Br)cs1. The van der Waals surface area contributed by atoms with Gasteiger partial charge in [-0.05, 0) is 15.9 Å². The van der Waals surface area contributed by atoms with Crippen LogP contribution in [0.15, 0.2) is 9.98 Å². The van der Waals surface area contributed by atoms with Crippen LogP contribution in [0.4, 0.5) is 0 Å². The Morgan fingerprint density at radius 2 is 2.44 bits per heavy atom. The van der Waals surface area contributed by atoms with Crippen LogP contribution in [0.3, 0.4) is 0 Å². The normalized spacial score (nSPS) is 10.0. The molecule has 50 valence electrons. The van der Waals surface area contributed by atoms with Crippen molar-refractivity contribution in [1.29, 1.82) is 0 Å². The molecule has 0 saturated heterocycles. The second kappa shape index (κ2) is 3.68. The van der Waals surface area contributed by atoms with Crippen LogP contribution < -0.4 is 0 Å². The Kier molecular flexibility index (Phi) is 3.15. The summed E-state index contributed by atoms with van der Waals surface area (Å²) in [5.74, 6) is 0. The molecule has 1 nitrogen and oxygen atoms in total. The fourth-order valence-corrected chi connectivity index (χ4v) is 2.39. The number of rotatable bonds is 2. The fourth-order valence-electron chi connectivity index (χ4n) is 0.484. The van der Waals surface area contributed by atoms with E-state index < -0.39 is 0 Å². The molecular weight excluding hydrogens is 266 g/mol. The Hall–Kier alpha value is 0.590. The van der Waals surface area contributed by atoms with E-state index in [1.807, 2.05) is 5.38 Å². The largest absolute Gasteiger partial charge is 0.234 e. The summed E-state index contributed by atoms with van der Waals surface area (Å²) in [6, 6.07) is 0. The molecule has 0 fully saturated rings. The number of aryl methyl sites for hydroxylation is 1. The van der Waals surface area contributed by atoms with E-state index in [1.54, 1.807) is 11.3 Å². The van der Waals surface area contributed by atoms with Gasteiger partial charge in [0.05, 0.1) is 5.01 Å². The molecule has 1 aromatic heterocycles. The van der Waals surface area contributed by atoms with Crippen LogP contribution in [-0.4, -0.2) is 10.3 Å². The standard InChI is InChI=1S/C5H5Br2NS/c6-2-1-5-8-4(7)3-9-5/h3H,1-2H2. The molecule has 0 aliphatic carbocycles. The van der Waals surface area contributed by atoms with E-state index in [0.717, 1.165) is 16.4 Å². The van der Waals surface area contributed by atoms with Crippen molar-refractivity contribution < 1.29 is 0 Å². The molecule has 0 spiro atoms. The summed E-state index contributed by atoms with van der Waals surface area (Å²) < 4.78 is 0.948. The van der Waals surface area contributed by atoms with E-state index in [9.17, 15) is 0 Å². The number of aromatic nitrogens is 1. The first-order valence-electron chi connectivity index (χ1n) is 2.49. The number of halogens is 2. The predicted octanol–water partition coefficient (Wildman–Crippen LogP) is 2.84. The summed E-state index contributed by atoms with van der Waals surface area (Å²) in [7, 11) is 0. The first kappa shape index (κ1) is 7.69. The molecule has 0 saturated carbocycles. The molecule has 0 aliphatic heterocycles. The molecule has 1 aromatic rings. The average Bonchev–Trinajstić information content (AvgIpc) is 2.17. The van der Waals surface area contributed by atoms with Crippen molar-refractivity contribution in [2.75, 3.05) is 5.33 Å². The predicted molar refractivity (Wildman–Crippen MR) is 47.3 cm³/mol. The van der Waals surface area contributed by atoms with Crippen LogP contribution in [-0.2, 0) is 6.42 Å². The lowest BCUT2D eigenvalue weighted by molar-refractivity contribution is 1.10. The topological polar surface area (TPSA) is 12.9 Å². The van der Waals surface area contributed by atoms with Crippen molar-refractivity contribution in [3.8, 4) is 0 Å². The summed E-state index contributed by atoms with van der Waals surface area (Å²) >= 11 is 8.32. The third kappa shape index (κ3) is 2.35. The van der Waals surface area contributed by atoms with Gasteiger partial charge in [0.1, 0.15) is 4.60 Å². The van der Waals surface area contributed by atoms with E-state index >= 15 is 0 Å². The first-order chi connectivity index (χ1) is 4.33. The fraction of sp³-hybridized carbons (Fsp3) is 0.400. The van der Waals surface area contributed by atoms with Gasteiger partial charge in [0, 0.05) is 17.1 Å². The maximum Gasteiger partial charge on any atom is 0.117 e. The van der Waals surface area contributed by atoms with Crippen LogP contribution in [0.5, 0.6) is 0 Å². The van der Waals surface area contributed by atoms with Crippen LogP contribution in [0.1, 0.15) is 5.01 Å². The minimum absolute atomic E-state index is 0.948. The molecule has 0 radical (unpaired) electrons. The highest BCUT2D eigenvalue weighted by Crippen LogP contribution is 2.15. The highest BCUT2D eigenvalue weighted by molar-refractivity contribution is 9.10. The quantitative estimate of drug-likeness (QED) is 0.754. The molecule has 1 rings (SSSR count). The molecular formula is C5H5Br2NS. The maximum absolute atomic E-state index is 4.21. The third-order valence-corrected chi connectivity index (χ3v) is 2.85. The minimum Gasteiger partial charge on any atom is -0.234 e. The average molecular weight is 271 g/mol. The minimum atomic E-state index is 0.948. The van der Waals surface area contributed by atoms with E-state index in [-0.39, 0.29) is 0 Å². The molecule has 0 N–H and O–H groups in total. The molecule has 0 amide bonds. The number of hydrogen-bond acceptors (Lipinski definition) is 2. The smallest absolute Gasteiger partial charge is 0.117 e. The van der Waals surface area contributed by atoms with Gasteiger partial charge < -0.3 is 0 Å². The summed E-state index contributed by atoms with van der Waals surface area (Å²) in [6.07, 6.45) is 1.02. The highest BCUT2D eigenvalue weighted by Gasteiger charge is 1.95. The molecule has 9 heavy (non-hydrogen) atoms. The van der Waals surface area contributed by atoms with Crippen molar-refractivity contribution >= 4 is 43.2 Å². The molecule has 4 heteroatoms. The zero-order valence-corrected chi connectivity index (χ0v) is 8.59. The van der Waals surface area contributed by atoms with Gasteiger partial charge in [-0.25, -0.2) is 4.98 Å². The lowest BCUT2D eigenvalue weighted by Gasteiger charge is -1.83. The van der Waals surface area contributed by atoms with Crippen molar-refractivity contribution in [3.63, 3.8) is 0 Å². The van der Waals surface area contributed by atoms with Crippen LogP contribution >= 0.6 is 43.2 Å². The van der Waals surface area contributed by atoms with Crippen molar-refractivity contribution in [2.24, 2.45) is 0 Å². The first-order valence-corrected chi connectivity index (χ1v) is 5.28. The van der Waals surface area contributed by atoms with Crippen LogP contribution in [0.2, 0.25) is 0 Å². The lowest BCUT2D eigenvalue weighted by Crippen LogP contribution is -1.81. The lowest BCUT2D eigenvalue weighted by atomic mass is 10.5. The van der Waals surface area contributed by atoms with Crippen molar-refractivity contribution in [1.82, 2.24) is 4.98 Å². The Morgan fingerprint density at radius 3 is 2.89 bits per heavy atom. The van der Waals surface area contributed by atoms with Gasteiger partial charge >= 0.3 is 0 Å². The second-order valence-corrected chi connectivity index (χ2v) is 4.05. The maximum atomic E-state index is 4.21. The Morgan fingerprint density at radius 1 is 1.67 bits per heavy atom. The molecule has 0 atom stereocenters. The molecule has 0 unspecified atom stereocenters. The zero-order valence-electron chi connectivity index (χ0n) is 4.60. The number of nitrogens with zero attached hydrogens (tertiary/aromatic N) is 1. The number of hydrogen-bond donors (Lipinski definition) is 0. The molecule has 0 bridgehead atoms. The Balaban J connectivity index is 2.61. The van der Waals surface area contributed by atoms with Gasteiger partial charge in [-0.15, -0.1) is 11.3 Å². The van der Waals surface area contributed by atoms with Gasteiger partial charge in [-0.3, -0.25) is 0 Å². The van der Waals surface area contributed by atoms with Gasteiger partial charge in [0.2, 0.25) is 0 Å². The third-order valence-electron chi connectivity index (χ3n) is 0.832. The van der Waals surface area contributed by atoms with Crippen molar-refractivity contribution in [3.05, 3.63) is 15.0 Å². The van der Waals surface area contributed by atoms with E-state index in [4.69, 9.17) is 0 Å². The zero-order chi connectivity index (χ0) is 6.69.